The van der Waals surface area contributed by atoms with E-state index in [1.54, 1.807) is 0 Å². The number of carbonyl (C=O) groups excluding carboxylic acids is 2. The number of hydrogen-bond donors (Lipinski definition) is 1. The van der Waals surface area contributed by atoms with Crippen molar-refractivity contribution in [2.24, 2.45) is 0 Å². The molecule has 0 saturated heterocycles. The first-order valence-electron chi connectivity index (χ1n) is 5.87. The lowest BCUT2D eigenvalue weighted by Crippen LogP contribution is -2.40. The van der Waals surface area contributed by atoms with Crippen LogP contribution in [0.3, 0.4) is 0 Å². The van der Waals surface area contributed by atoms with Gasteiger partial charge in [-0.1, -0.05) is 12.2 Å². The second-order valence-corrected chi connectivity index (χ2v) is 3.96. The van der Waals surface area contributed by atoms with Crippen LogP contribution in [0.4, 0.5) is 18.9 Å². The van der Waals surface area contributed by atoms with Crippen molar-refractivity contribution in [3.63, 3.8) is 0 Å². The average molecular weight is 298 g/mol. The van der Waals surface area contributed by atoms with Crippen molar-refractivity contribution in [2.45, 2.75) is 0 Å². The molecule has 0 bridgehead atoms. The van der Waals surface area contributed by atoms with Gasteiger partial charge in [0, 0.05) is 13.1 Å². The predicted octanol–water partition coefficient (Wildman–Crippen LogP) is 2.24. The highest BCUT2D eigenvalue weighted by atomic mass is 19.2. The third kappa shape index (κ3) is 3.95. The van der Waals surface area contributed by atoms with Gasteiger partial charge < -0.3 is 10.2 Å². The molecule has 7 heteroatoms. The molecule has 2 amide bonds. The highest BCUT2D eigenvalue weighted by molar-refractivity contribution is 6.39. The lowest BCUT2D eigenvalue weighted by Gasteiger charge is -2.18. The molecular weight excluding hydrogens is 285 g/mol. The highest BCUT2D eigenvalue weighted by Crippen LogP contribution is 2.19. The third-order valence-corrected chi connectivity index (χ3v) is 2.46. The molecule has 0 heterocycles. The van der Waals surface area contributed by atoms with Gasteiger partial charge in [-0.05, 0) is 12.1 Å². The zero-order valence-corrected chi connectivity index (χ0v) is 11.0. The van der Waals surface area contributed by atoms with Crippen LogP contribution in [0, 0.1) is 17.5 Å². The van der Waals surface area contributed by atoms with E-state index in [1.807, 2.05) is 5.32 Å². The lowest BCUT2D eigenvalue weighted by atomic mass is 10.2. The molecule has 1 aromatic carbocycles. The summed E-state index contributed by atoms with van der Waals surface area (Å²) < 4.78 is 39.2. The van der Waals surface area contributed by atoms with Gasteiger partial charge in [0.15, 0.2) is 17.5 Å². The van der Waals surface area contributed by atoms with Gasteiger partial charge in [0.1, 0.15) is 0 Å². The van der Waals surface area contributed by atoms with Gasteiger partial charge in [0.25, 0.3) is 0 Å². The second kappa shape index (κ2) is 7.28. The number of nitrogens with one attached hydrogen (secondary N) is 1. The zero-order valence-electron chi connectivity index (χ0n) is 11.0. The van der Waals surface area contributed by atoms with Crippen molar-refractivity contribution in [1.82, 2.24) is 4.90 Å². The Hall–Kier alpha value is -2.57. The van der Waals surface area contributed by atoms with E-state index in [0.717, 1.165) is 11.0 Å². The van der Waals surface area contributed by atoms with Crippen molar-refractivity contribution < 1.29 is 22.8 Å². The van der Waals surface area contributed by atoms with Crippen LogP contribution in [0.15, 0.2) is 37.4 Å². The standard InChI is InChI=1S/C14H13F3N2O2/c1-3-7-19(8-4-2)14(21)13(20)18-10-6-5-9(15)11(16)12(10)17/h3-6H,1-2,7-8H2,(H,18,20). The van der Waals surface area contributed by atoms with Crippen molar-refractivity contribution in [1.29, 1.82) is 0 Å². The first kappa shape index (κ1) is 16.5. The Morgan fingerprint density at radius 2 is 1.67 bits per heavy atom. The fraction of sp³-hybridized carbons (Fsp3) is 0.143. The van der Waals surface area contributed by atoms with Crippen molar-refractivity contribution in [3.8, 4) is 0 Å². The SMILES string of the molecule is C=CCN(CC=C)C(=O)C(=O)Nc1ccc(F)c(F)c1F. The molecule has 0 atom stereocenters. The molecule has 0 aliphatic carbocycles. The smallest absolute Gasteiger partial charge is 0.314 e. The molecule has 0 aromatic heterocycles. The molecular formula is C14H13F3N2O2. The molecule has 21 heavy (non-hydrogen) atoms. The summed E-state index contributed by atoms with van der Waals surface area (Å²) in [5.41, 5.74) is -0.621. The van der Waals surface area contributed by atoms with Crippen molar-refractivity contribution >= 4 is 17.5 Å². The van der Waals surface area contributed by atoms with Crippen LogP contribution < -0.4 is 5.32 Å². The fourth-order valence-electron chi connectivity index (χ4n) is 1.49. The van der Waals surface area contributed by atoms with Crippen LogP contribution in [-0.4, -0.2) is 29.8 Å². The minimum Gasteiger partial charge on any atom is -0.327 e. The number of nitrogens with zero attached hydrogens (tertiary/aromatic N) is 1. The van der Waals surface area contributed by atoms with Gasteiger partial charge in [-0.15, -0.1) is 13.2 Å². The molecule has 1 N–H and O–H groups in total. The van der Waals surface area contributed by atoms with Crippen LogP contribution in [0.1, 0.15) is 0 Å². The molecule has 0 fully saturated rings. The Kier molecular flexibility index (Phi) is 5.71. The van der Waals surface area contributed by atoms with E-state index < -0.39 is 35.0 Å². The van der Waals surface area contributed by atoms with E-state index in [4.69, 9.17) is 0 Å². The van der Waals surface area contributed by atoms with E-state index in [1.165, 1.54) is 12.2 Å². The number of carbonyl (C=O) groups is 2. The number of amides is 2. The van der Waals surface area contributed by atoms with Gasteiger partial charge in [0.05, 0.1) is 5.69 Å². The number of rotatable bonds is 5. The van der Waals surface area contributed by atoms with Gasteiger partial charge >= 0.3 is 11.8 Å². The fourth-order valence-corrected chi connectivity index (χ4v) is 1.49. The Bertz CT molecular complexity index is 578. The van der Waals surface area contributed by atoms with Crippen LogP contribution in [-0.2, 0) is 9.59 Å². The molecule has 0 aliphatic rings. The Morgan fingerprint density at radius 3 is 2.19 bits per heavy atom. The van der Waals surface area contributed by atoms with Gasteiger partial charge in [-0.2, -0.15) is 0 Å². The number of benzene rings is 1. The number of hydrogen-bond acceptors (Lipinski definition) is 2. The summed E-state index contributed by atoms with van der Waals surface area (Å²) in [6.45, 7) is 7.03. The Labute approximate surface area is 119 Å². The Balaban J connectivity index is 2.89. The summed E-state index contributed by atoms with van der Waals surface area (Å²) in [5.74, 6) is -6.84. The van der Waals surface area contributed by atoms with E-state index in [-0.39, 0.29) is 13.1 Å². The maximum absolute atomic E-state index is 13.4. The highest BCUT2D eigenvalue weighted by Gasteiger charge is 2.22. The van der Waals surface area contributed by atoms with Gasteiger partial charge in [-0.3, -0.25) is 9.59 Å². The molecule has 1 rings (SSSR count). The summed E-state index contributed by atoms with van der Waals surface area (Å²) in [6.07, 6.45) is 2.79. The third-order valence-electron chi connectivity index (χ3n) is 2.46. The number of halogens is 3. The molecule has 0 radical (unpaired) electrons. The monoisotopic (exact) mass is 298 g/mol. The molecule has 0 saturated carbocycles. The molecule has 0 unspecified atom stereocenters. The lowest BCUT2D eigenvalue weighted by molar-refractivity contribution is -0.142. The molecule has 0 aliphatic heterocycles. The Morgan fingerprint density at radius 1 is 1.10 bits per heavy atom. The van der Waals surface area contributed by atoms with E-state index in [2.05, 4.69) is 13.2 Å². The minimum absolute atomic E-state index is 0.0819. The first-order valence-corrected chi connectivity index (χ1v) is 5.87. The maximum atomic E-state index is 13.4. The summed E-state index contributed by atoms with van der Waals surface area (Å²) in [5, 5.41) is 1.89. The molecule has 1 aromatic rings. The molecule has 112 valence electrons. The second-order valence-electron chi connectivity index (χ2n) is 3.96. The first-order chi connectivity index (χ1) is 9.92. The maximum Gasteiger partial charge on any atom is 0.314 e. The largest absolute Gasteiger partial charge is 0.327 e. The zero-order chi connectivity index (χ0) is 16.0. The van der Waals surface area contributed by atoms with Crippen molar-refractivity contribution in [2.75, 3.05) is 18.4 Å². The van der Waals surface area contributed by atoms with E-state index >= 15 is 0 Å². The summed E-state index contributed by atoms with van der Waals surface area (Å²) in [4.78, 5) is 24.6. The summed E-state index contributed by atoms with van der Waals surface area (Å²) in [7, 11) is 0. The van der Waals surface area contributed by atoms with Crippen LogP contribution in [0.5, 0.6) is 0 Å². The molecule has 0 spiro atoms. The summed E-state index contributed by atoms with van der Waals surface area (Å²) in [6, 6.07) is 1.47. The summed E-state index contributed by atoms with van der Waals surface area (Å²) >= 11 is 0. The van der Waals surface area contributed by atoms with Crippen LogP contribution in [0.2, 0.25) is 0 Å². The van der Waals surface area contributed by atoms with E-state index in [9.17, 15) is 22.8 Å². The van der Waals surface area contributed by atoms with Crippen molar-refractivity contribution in [3.05, 3.63) is 54.9 Å². The van der Waals surface area contributed by atoms with Crippen LogP contribution in [0.25, 0.3) is 0 Å². The van der Waals surface area contributed by atoms with Crippen LogP contribution >= 0.6 is 0 Å². The normalized spacial score (nSPS) is 9.86. The average Bonchev–Trinajstić information content (AvgIpc) is 2.46. The van der Waals surface area contributed by atoms with E-state index in [0.29, 0.717) is 6.07 Å². The van der Waals surface area contributed by atoms with Gasteiger partial charge in [0.2, 0.25) is 0 Å². The quantitative estimate of drug-likeness (QED) is 0.515. The predicted molar refractivity (Wildman–Crippen MR) is 71.9 cm³/mol. The molecule has 4 nitrogen and oxygen atoms in total. The van der Waals surface area contributed by atoms with Gasteiger partial charge in [-0.25, -0.2) is 13.2 Å². The minimum atomic E-state index is -1.73. The topological polar surface area (TPSA) is 49.4 Å². The number of anilines is 1.